The molecule has 0 radical (unpaired) electrons. The van der Waals surface area contributed by atoms with Crippen LogP contribution in [-0.4, -0.2) is 27.6 Å². The summed E-state index contributed by atoms with van der Waals surface area (Å²) in [6.07, 6.45) is 3.55. The highest BCUT2D eigenvalue weighted by Crippen LogP contribution is 2.43. The maximum Gasteiger partial charge on any atom is 0.186 e. The molecule has 1 atom stereocenters. The molecule has 1 fully saturated rings. The van der Waals surface area contributed by atoms with Crippen LogP contribution in [0.5, 0.6) is 5.75 Å². The lowest BCUT2D eigenvalue weighted by atomic mass is 10.0. The number of Topliss-reactive ketones (excluding diaryl/α,β-unsaturated/α-hetero) is 1. The molecule has 2 aromatic carbocycles. The SMILES string of the molecule is CCCOc1ccc2ccccc2c1/C=C1\SC(=N)[C@H](c2nnc(CC)s2)C1=O. The van der Waals surface area contributed by atoms with Gasteiger partial charge in [0.1, 0.15) is 21.7 Å². The Bertz CT molecular complexity index is 1120. The first-order valence-corrected chi connectivity index (χ1v) is 11.2. The fourth-order valence-electron chi connectivity index (χ4n) is 3.23. The first-order valence-electron chi connectivity index (χ1n) is 9.61. The number of fused-ring (bicyclic) bond motifs is 1. The van der Waals surface area contributed by atoms with Gasteiger partial charge in [0.15, 0.2) is 5.78 Å². The summed E-state index contributed by atoms with van der Waals surface area (Å²) in [5.74, 6) is 0.0258. The molecule has 1 N–H and O–H groups in total. The van der Waals surface area contributed by atoms with Crippen molar-refractivity contribution in [1.82, 2.24) is 10.2 Å². The average molecular weight is 424 g/mol. The minimum absolute atomic E-state index is 0.0896. The molecule has 148 valence electrons. The number of carbonyl (C=O) groups is 1. The molecule has 0 bridgehead atoms. The Labute approximate surface area is 177 Å². The Morgan fingerprint density at radius 1 is 1.17 bits per heavy atom. The van der Waals surface area contributed by atoms with E-state index in [2.05, 4.69) is 17.1 Å². The lowest BCUT2D eigenvalue weighted by Gasteiger charge is -2.12. The molecular weight excluding hydrogens is 402 g/mol. The number of aromatic nitrogens is 2. The van der Waals surface area contributed by atoms with Crippen molar-refractivity contribution in [3.05, 3.63) is 56.9 Å². The van der Waals surface area contributed by atoms with Crippen molar-refractivity contribution in [2.75, 3.05) is 6.61 Å². The van der Waals surface area contributed by atoms with Crippen LogP contribution in [0, 0.1) is 5.41 Å². The van der Waals surface area contributed by atoms with Crippen LogP contribution in [0.3, 0.4) is 0 Å². The number of ether oxygens (including phenoxy) is 1. The molecule has 5 nitrogen and oxygen atoms in total. The van der Waals surface area contributed by atoms with Crippen LogP contribution >= 0.6 is 23.1 Å². The fraction of sp³-hybridized carbons (Fsp3) is 0.273. The summed E-state index contributed by atoms with van der Waals surface area (Å²) >= 11 is 2.62. The Morgan fingerprint density at radius 3 is 2.76 bits per heavy atom. The Kier molecular flexibility index (Phi) is 5.78. The number of carbonyl (C=O) groups excluding carboxylic acids is 1. The summed E-state index contributed by atoms with van der Waals surface area (Å²) in [4.78, 5) is 13.7. The molecule has 0 spiro atoms. The smallest absolute Gasteiger partial charge is 0.186 e. The van der Waals surface area contributed by atoms with Crippen LogP contribution < -0.4 is 4.74 Å². The molecule has 3 aromatic rings. The van der Waals surface area contributed by atoms with Crippen molar-refractivity contribution < 1.29 is 9.53 Å². The number of rotatable bonds is 6. The third kappa shape index (κ3) is 3.84. The van der Waals surface area contributed by atoms with Gasteiger partial charge in [-0.3, -0.25) is 10.2 Å². The molecule has 4 rings (SSSR count). The van der Waals surface area contributed by atoms with Gasteiger partial charge in [0, 0.05) is 5.56 Å². The van der Waals surface area contributed by atoms with Crippen LogP contribution in [-0.2, 0) is 11.2 Å². The molecule has 0 amide bonds. The summed E-state index contributed by atoms with van der Waals surface area (Å²) in [5, 5.41) is 20.6. The van der Waals surface area contributed by atoms with Crippen molar-refractivity contribution in [1.29, 1.82) is 5.41 Å². The average Bonchev–Trinajstić information content (AvgIpc) is 3.31. The van der Waals surface area contributed by atoms with Gasteiger partial charge in [0.25, 0.3) is 0 Å². The Hall–Kier alpha value is -2.51. The van der Waals surface area contributed by atoms with E-state index in [9.17, 15) is 4.79 Å². The first kappa shape index (κ1) is 19.8. The van der Waals surface area contributed by atoms with Gasteiger partial charge in [0.2, 0.25) is 0 Å². The Balaban J connectivity index is 1.76. The molecule has 0 saturated carbocycles. The number of ketones is 1. The second kappa shape index (κ2) is 8.47. The van der Waals surface area contributed by atoms with Gasteiger partial charge in [-0.05, 0) is 35.8 Å². The van der Waals surface area contributed by atoms with E-state index in [4.69, 9.17) is 10.1 Å². The molecule has 7 heteroatoms. The van der Waals surface area contributed by atoms with Crippen molar-refractivity contribution >= 4 is 50.8 Å². The van der Waals surface area contributed by atoms with E-state index in [0.29, 0.717) is 21.6 Å². The van der Waals surface area contributed by atoms with Gasteiger partial charge in [0.05, 0.1) is 16.6 Å². The van der Waals surface area contributed by atoms with Crippen molar-refractivity contribution in [2.24, 2.45) is 0 Å². The largest absolute Gasteiger partial charge is 0.493 e. The van der Waals surface area contributed by atoms with Gasteiger partial charge >= 0.3 is 0 Å². The lowest BCUT2D eigenvalue weighted by molar-refractivity contribution is -0.114. The number of hydrogen-bond acceptors (Lipinski definition) is 7. The third-order valence-electron chi connectivity index (χ3n) is 4.69. The second-order valence-corrected chi connectivity index (χ2v) is 8.88. The van der Waals surface area contributed by atoms with Crippen LogP contribution in [0.2, 0.25) is 0 Å². The summed E-state index contributed by atoms with van der Waals surface area (Å²) in [6, 6.07) is 12.0. The molecule has 29 heavy (non-hydrogen) atoms. The summed E-state index contributed by atoms with van der Waals surface area (Å²) in [5.41, 5.74) is 0.882. The minimum atomic E-state index is -0.640. The third-order valence-corrected chi connectivity index (χ3v) is 6.81. The van der Waals surface area contributed by atoms with Crippen LogP contribution in [0.15, 0.2) is 41.3 Å². The summed E-state index contributed by atoms with van der Waals surface area (Å²) in [6.45, 7) is 4.68. The van der Waals surface area contributed by atoms with Crippen LogP contribution in [0.4, 0.5) is 0 Å². The van der Waals surface area contributed by atoms with Crippen LogP contribution in [0.25, 0.3) is 16.8 Å². The standard InChI is InChI=1S/C22H21N3O2S2/c1-3-11-27-16-10-9-13-7-5-6-8-14(13)15(16)12-17-20(26)19(21(23)28-17)22-25-24-18(4-2)29-22/h5-10,12,19,23H,3-4,11H2,1-2H3/b17-12-,23-21?/t19-/m1/s1. The topological polar surface area (TPSA) is 75.9 Å². The maximum atomic E-state index is 13.1. The van der Waals surface area contributed by atoms with E-state index < -0.39 is 5.92 Å². The Morgan fingerprint density at radius 2 is 2.00 bits per heavy atom. The number of aryl methyl sites for hydroxylation is 1. The molecule has 0 aliphatic carbocycles. The second-order valence-electron chi connectivity index (χ2n) is 6.71. The van der Waals surface area contributed by atoms with Gasteiger partial charge in [-0.2, -0.15) is 0 Å². The molecule has 1 saturated heterocycles. The number of benzene rings is 2. The molecule has 0 unspecified atom stereocenters. The molecule has 1 aromatic heterocycles. The maximum absolute atomic E-state index is 13.1. The van der Waals surface area contributed by atoms with Gasteiger partial charge in [-0.15, -0.1) is 21.5 Å². The number of nitrogens with zero attached hydrogens (tertiary/aromatic N) is 2. The number of allylic oxidation sites excluding steroid dienone is 1. The number of nitrogens with one attached hydrogen (secondary N) is 1. The first-order chi connectivity index (χ1) is 14.1. The normalized spacial score (nSPS) is 18.1. The molecule has 2 heterocycles. The van der Waals surface area contributed by atoms with E-state index >= 15 is 0 Å². The quantitative estimate of drug-likeness (QED) is 0.533. The lowest BCUT2D eigenvalue weighted by Crippen LogP contribution is -2.11. The number of thioether (sulfide) groups is 1. The number of hydrogen-bond donors (Lipinski definition) is 1. The monoisotopic (exact) mass is 423 g/mol. The summed E-state index contributed by atoms with van der Waals surface area (Å²) < 4.78 is 5.96. The fourth-order valence-corrected chi connectivity index (χ4v) is 5.17. The molecule has 1 aliphatic heterocycles. The highest BCUT2D eigenvalue weighted by molar-refractivity contribution is 8.19. The van der Waals surface area contributed by atoms with E-state index in [1.165, 1.54) is 23.1 Å². The van der Waals surface area contributed by atoms with E-state index in [1.807, 2.05) is 49.4 Å². The summed E-state index contributed by atoms with van der Waals surface area (Å²) in [7, 11) is 0. The predicted octanol–water partition coefficient (Wildman–Crippen LogP) is 5.46. The highest BCUT2D eigenvalue weighted by Gasteiger charge is 2.39. The molecule has 1 aliphatic rings. The molecular formula is C22H21N3O2S2. The van der Waals surface area contributed by atoms with Gasteiger partial charge < -0.3 is 4.74 Å². The minimum Gasteiger partial charge on any atom is -0.493 e. The van der Waals surface area contributed by atoms with Crippen molar-refractivity contribution in [3.8, 4) is 5.75 Å². The van der Waals surface area contributed by atoms with Crippen LogP contribution in [0.1, 0.15) is 41.8 Å². The zero-order valence-corrected chi connectivity index (χ0v) is 17.9. The van der Waals surface area contributed by atoms with Crippen molar-refractivity contribution in [2.45, 2.75) is 32.6 Å². The zero-order chi connectivity index (χ0) is 20.4. The zero-order valence-electron chi connectivity index (χ0n) is 16.3. The van der Waals surface area contributed by atoms with Gasteiger partial charge in [-0.1, -0.05) is 55.9 Å². The van der Waals surface area contributed by atoms with E-state index in [0.717, 1.165) is 39.9 Å². The predicted molar refractivity (Wildman–Crippen MR) is 120 cm³/mol. The van der Waals surface area contributed by atoms with Gasteiger partial charge in [-0.25, -0.2) is 0 Å². The highest BCUT2D eigenvalue weighted by atomic mass is 32.2. The van der Waals surface area contributed by atoms with E-state index in [1.54, 1.807) is 0 Å². The van der Waals surface area contributed by atoms with Crippen molar-refractivity contribution in [3.63, 3.8) is 0 Å². The van der Waals surface area contributed by atoms with E-state index in [-0.39, 0.29) is 5.78 Å².